The van der Waals surface area contributed by atoms with Gasteiger partial charge in [0.2, 0.25) is 0 Å². The molecule has 1 N–H and O–H groups in total. The van der Waals surface area contributed by atoms with Gasteiger partial charge in [0.25, 0.3) is 0 Å². The number of rotatable bonds is 4. The third-order valence-electron chi connectivity index (χ3n) is 1.66. The second-order valence-corrected chi connectivity index (χ2v) is 4.22. The molecule has 0 saturated carbocycles. The molecule has 90 valence electrons. The molecule has 1 rings (SSSR count). The molecule has 0 amide bonds. The van der Waals surface area contributed by atoms with Crippen LogP contribution in [0.3, 0.4) is 0 Å². The van der Waals surface area contributed by atoms with Crippen LogP contribution < -0.4 is 34.3 Å². The van der Waals surface area contributed by atoms with E-state index in [4.69, 9.17) is 5.11 Å². The summed E-state index contributed by atoms with van der Waals surface area (Å²) in [6, 6.07) is 4.07. The van der Waals surface area contributed by atoms with Crippen molar-refractivity contribution < 1.29 is 61.2 Å². The van der Waals surface area contributed by atoms with Gasteiger partial charge in [-0.25, -0.2) is 8.42 Å². The van der Waals surface area contributed by atoms with E-state index < -0.39 is 22.2 Å². The van der Waals surface area contributed by atoms with Crippen LogP contribution in [-0.4, -0.2) is 24.7 Å². The van der Waals surface area contributed by atoms with Gasteiger partial charge in [0.05, 0.1) is 0 Å². The summed E-state index contributed by atoms with van der Waals surface area (Å²) in [5, 5.41) is 9.04. The number of ether oxygens (including phenoxy) is 1. The SMILES string of the molecule is O=S(=O)([O-])C(O)c1ccc(OC(F)F)cc1.[Na+]. The predicted octanol–water partition coefficient (Wildman–Crippen LogP) is -2.17. The van der Waals surface area contributed by atoms with E-state index in [0.29, 0.717) is 0 Å². The molecule has 0 bridgehead atoms. The molecule has 5 nitrogen and oxygen atoms in total. The second kappa shape index (κ2) is 6.62. The molecule has 1 atom stereocenters. The Morgan fingerprint density at radius 3 is 2.06 bits per heavy atom. The molecule has 0 heterocycles. The Morgan fingerprint density at radius 1 is 1.24 bits per heavy atom. The number of hydrogen-bond donors (Lipinski definition) is 1. The summed E-state index contributed by atoms with van der Waals surface area (Å²) in [7, 11) is -4.88. The molecule has 0 spiro atoms. The van der Waals surface area contributed by atoms with E-state index in [-0.39, 0.29) is 40.9 Å². The molecular weight excluding hydrogens is 269 g/mol. The fourth-order valence-electron chi connectivity index (χ4n) is 0.981. The Labute approximate surface area is 118 Å². The zero-order valence-electron chi connectivity index (χ0n) is 8.71. The van der Waals surface area contributed by atoms with Gasteiger partial charge in [-0.1, -0.05) is 12.1 Å². The van der Waals surface area contributed by atoms with Crippen LogP contribution in [0.2, 0.25) is 0 Å². The van der Waals surface area contributed by atoms with Crippen molar-refractivity contribution in [3.63, 3.8) is 0 Å². The number of halogens is 2. The molecule has 1 aromatic carbocycles. The third-order valence-corrected chi connectivity index (χ3v) is 2.48. The van der Waals surface area contributed by atoms with Crippen LogP contribution in [0.5, 0.6) is 5.75 Å². The minimum Gasteiger partial charge on any atom is -0.746 e. The van der Waals surface area contributed by atoms with Gasteiger partial charge in [-0.2, -0.15) is 8.78 Å². The predicted molar refractivity (Wildman–Crippen MR) is 47.7 cm³/mol. The van der Waals surface area contributed by atoms with Crippen molar-refractivity contribution in [2.75, 3.05) is 0 Å². The summed E-state index contributed by atoms with van der Waals surface area (Å²) in [5.41, 5.74) is -2.43. The van der Waals surface area contributed by atoms with Crippen molar-refractivity contribution in [3.05, 3.63) is 29.8 Å². The first-order valence-electron chi connectivity index (χ1n) is 3.98. The van der Waals surface area contributed by atoms with Gasteiger partial charge in [-0.15, -0.1) is 0 Å². The van der Waals surface area contributed by atoms with Crippen LogP contribution in [-0.2, 0) is 10.1 Å². The maximum atomic E-state index is 11.8. The summed E-state index contributed by atoms with van der Waals surface area (Å²) in [6.07, 6.45) is 0. The summed E-state index contributed by atoms with van der Waals surface area (Å²) in [6.45, 7) is -3.00. The fourth-order valence-corrected chi connectivity index (χ4v) is 1.47. The summed E-state index contributed by atoms with van der Waals surface area (Å²) < 4.78 is 58.8. The van der Waals surface area contributed by atoms with Gasteiger partial charge < -0.3 is 14.4 Å². The van der Waals surface area contributed by atoms with E-state index in [1.807, 2.05) is 0 Å². The van der Waals surface area contributed by atoms with Crippen LogP contribution >= 0.6 is 0 Å². The van der Waals surface area contributed by atoms with E-state index in [9.17, 15) is 21.8 Å². The molecule has 0 radical (unpaired) electrons. The number of benzene rings is 1. The first-order valence-corrected chi connectivity index (χ1v) is 5.45. The maximum Gasteiger partial charge on any atom is 1.00 e. The van der Waals surface area contributed by atoms with Crippen molar-refractivity contribution >= 4 is 10.1 Å². The van der Waals surface area contributed by atoms with Crippen LogP contribution in [0.25, 0.3) is 0 Å². The van der Waals surface area contributed by atoms with E-state index in [1.54, 1.807) is 0 Å². The van der Waals surface area contributed by atoms with Crippen LogP contribution in [0.1, 0.15) is 11.0 Å². The smallest absolute Gasteiger partial charge is 0.746 e. The molecular formula is C8H7F2NaO5S. The van der Waals surface area contributed by atoms with Gasteiger partial charge in [0.15, 0.2) is 5.44 Å². The van der Waals surface area contributed by atoms with E-state index in [1.165, 1.54) is 0 Å². The zero-order chi connectivity index (χ0) is 12.3. The van der Waals surface area contributed by atoms with Crippen LogP contribution in [0, 0.1) is 0 Å². The molecule has 0 aromatic heterocycles. The number of aliphatic hydroxyl groups excluding tert-OH is 1. The number of hydrogen-bond acceptors (Lipinski definition) is 5. The van der Waals surface area contributed by atoms with Gasteiger partial charge in [-0.05, 0) is 17.7 Å². The number of alkyl halides is 2. The molecule has 9 heteroatoms. The Bertz CT molecular complexity index is 447. The van der Waals surface area contributed by atoms with Gasteiger partial charge in [0.1, 0.15) is 15.9 Å². The quantitative estimate of drug-likeness (QED) is 0.499. The Balaban J connectivity index is 0.00000256. The Morgan fingerprint density at radius 2 is 1.71 bits per heavy atom. The molecule has 1 unspecified atom stereocenters. The number of aliphatic hydroxyl groups is 1. The van der Waals surface area contributed by atoms with Crippen LogP contribution in [0.15, 0.2) is 24.3 Å². The topological polar surface area (TPSA) is 86.7 Å². The largest absolute Gasteiger partial charge is 1.00 e. The molecule has 0 aliphatic heterocycles. The molecule has 17 heavy (non-hydrogen) atoms. The second-order valence-electron chi connectivity index (χ2n) is 2.79. The van der Waals surface area contributed by atoms with Crippen molar-refractivity contribution in [1.82, 2.24) is 0 Å². The summed E-state index contributed by atoms with van der Waals surface area (Å²) in [5.74, 6) is -0.200. The van der Waals surface area contributed by atoms with E-state index in [0.717, 1.165) is 24.3 Å². The average Bonchev–Trinajstić information content (AvgIpc) is 2.15. The van der Waals surface area contributed by atoms with Crippen LogP contribution in [0.4, 0.5) is 8.78 Å². The minimum absolute atomic E-state index is 0. The summed E-state index contributed by atoms with van der Waals surface area (Å²) in [4.78, 5) is 0. The normalized spacial score (nSPS) is 13.0. The van der Waals surface area contributed by atoms with Crippen molar-refractivity contribution in [2.45, 2.75) is 12.0 Å². The first kappa shape index (κ1) is 16.8. The fraction of sp³-hybridized carbons (Fsp3) is 0.250. The van der Waals surface area contributed by atoms with Gasteiger partial charge in [-0.3, -0.25) is 0 Å². The van der Waals surface area contributed by atoms with E-state index in [2.05, 4.69) is 4.74 Å². The van der Waals surface area contributed by atoms with Gasteiger partial charge >= 0.3 is 36.2 Å². The zero-order valence-corrected chi connectivity index (χ0v) is 11.5. The van der Waals surface area contributed by atoms with E-state index >= 15 is 0 Å². The molecule has 0 fully saturated rings. The Kier molecular flexibility index (Phi) is 6.52. The summed E-state index contributed by atoms with van der Waals surface area (Å²) >= 11 is 0. The van der Waals surface area contributed by atoms with Crippen molar-refractivity contribution in [1.29, 1.82) is 0 Å². The maximum absolute atomic E-state index is 11.8. The molecule has 0 aliphatic carbocycles. The molecule has 0 aliphatic rings. The van der Waals surface area contributed by atoms with Gasteiger partial charge in [0, 0.05) is 0 Å². The standard InChI is InChI=1S/C8H8F2O5S.Na/c9-8(10)15-6-3-1-5(2-4-6)7(11)16(12,13)14;/h1-4,7-8,11H,(H,12,13,14);/q;+1/p-1. The average molecular weight is 276 g/mol. The molecule has 0 saturated heterocycles. The molecule has 1 aromatic rings. The minimum atomic E-state index is -4.88. The third kappa shape index (κ3) is 5.28. The van der Waals surface area contributed by atoms with Crippen molar-refractivity contribution in [3.8, 4) is 5.75 Å². The monoisotopic (exact) mass is 276 g/mol. The Hall–Kier alpha value is -0.250. The first-order chi connectivity index (χ1) is 7.30. The van der Waals surface area contributed by atoms with Crippen molar-refractivity contribution in [2.24, 2.45) is 0 Å².